The average Bonchev–Trinajstić information content (AvgIpc) is 3.05. The number of aliphatic hydroxyl groups excluding tert-OH is 1. The minimum Gasteiger partial charge on any atom is -0.493 e. The molecular weight excluding hydrogens is 328 g/mol. The van der Waals surface area contributed by atoms with Crippen molar-refractivity contribution in [1.29, 1.82) is 0 Å². The molecule has 0 spiro atoms. The summed E-state index contributed by atoms with van der Waals surface area (Å²) in [6.45, 7) is 3.98. The molecule has 0 amide bonds. The maximum absolute atomic E-state index is 10.6. The fourth-order valence-corrected chi connectivity index (χ4v) is 4.23. The van der Waals surface area contributed by atoms with Crippen molar-refractivity contribution < 1.29 is 14.6 Å². The van der Waals surface area contributed by atoms with Crippen molar-refractivity contribution in [3.8, 4) is 11.5 Å². The number of ether oxygens (including phenoxy) is 2. The van der Waals surface area contributed by atoms with E-state index in [2.05, 4.69) is 28.9 Å². The highest BCUT2D eigenvalue weighted by Gasteiger charge is 2.43. The van der Waals surface area contributed by atoms with Crippen LogP contribution in [0.1, 0.15) is 18.4 Å². The number of para-hydroxylation sites is 2. The normalized spacial score (nSPS) is 27.9. The third kappa shape index (κ3) is 3.36. The Morgan fingerprint density at radius 2 is 1.77 bits per heavy atom. The van der Waals surface area contributed by atoms with Crippen LogP contribution in [0.2, 0.25) is 0 Å². The summed E-state index contributed by atoms with van der Waals surface area (Å²) >= 11 is 0. The summed E-state index contributed by atoms with van der Waals surface area (Å²) in [5.74, 6) is 3.44. The molecule has 1 saturated heterocycles. The zero-order chi connectivity index (χ0) is 18.1. The minimum atomic E-state index is -0.452. The Morgan fingerprint density at radius 3 is 2.46 bits per heavy atom. The molecule has 26 heavy (non-hydrogen) atoms. The Hall–Kier alpha value is -2.27. The number of rotatable bonds is 4. The van der Waals surface area contributed by atoms with Gasteiger partial charge in [0.15, 0.2) is 11.5 Å². The number of anilines is 1. The van der Waals surface area contributed by atoms with Crippen LogP contribution in [0, 0.1) is 18.8 Å². The number of hydrogen-bond acceptors (Lipinski definition) is 5. The van der Waals surface area contributed by atoms with Gasteiger partial charge in [-0.15, -0.1) is 0 Å². The molecule has 1 aliphatic carbocycles. The van der Waals surface area contributed by atoms with Crippen LogP contribution in [0.4, 0.5) is 5.82 Å². The molecule has 2 heterocycles. The van der Waals surface area contributed by atoms with E-state index < -0.39 is 6.10 Å². The highest BCUT2D eigenvalue weighted by molar-refractivity contribution is 5.41. The Labute approximate surface area is 154 Å². The fraction of sp³-hybridized carbons (Fsp3) is 0.476. The van der Waals surface area contributed by atoms with Gasteiger partial charge in [-0.3, -0.25) is 0 Å². The Kier molecular flexibility index (Phi) is 4.72. The first kappa shape index (κ1) is 17.2. The number of nitrogens with zero attached hydrogens (tertiary/aromatic N) is 2. The molecule has 5 heteroatoms. The molecular formula is C21H26N2O3. The topological polar surface area (TPSA) is 54.8 Å². The lowest BCUT2D eigenvalue weighted by molar-refractivity contribution is -0.0240. The van der Waals surface area contributed by atoms with E-state index >= 15 is 0 Å². The van der Waals surface area contributed by atoms with Crippen LogP contribution in [-0.4, -0.2) is 42.5 Å². The van der Waals surface area contributed by atoms with Crippen molar-refractivity contribution in [2.45, 2.75) is 32.0 Å². The van der Waals surface area contributed by atoms with E-state index in [9.17, 15) is 5.11 Å². The summed E-state index contributed by atoms with van der Waals surface area (Å²) in [7, 11) is 1.64. The van der Waals surface area contributed by atoms with Gasteiger partial charge in [0.2, 0.25) is 0 Å². The monoisotopic (exact) mass is 354 g/mol. The summed E-state index contributed by atoms with van der Waals surface area (Å²) in [4.78, 5) is 6.90. The first-order valence-corrected chi connectivity index (χ1v) is 9.29. The summed E-state index contributed by atoms with van der Waals surface area (Å²) in [6, 6.07) is 11.8. The van der Waals surface area contributed by atoms with Crippen molar-refractivity contribution in [1.82, 2.24) is 4.98 Å². The van der Waals surface area contributed by atoms with Gasteiger partial charge in [0.05, 0.1) is 13.2 Å². The van der Waals surface area contributed by atoms with Gasteiger partial charge in [-0.1, -0.05) is 18.2 Å². The van der Waals surface area contributed by atoms with Crippen molar-refractivity contribution in [3.05, 3.63) is 48.2 Å². The summed E-state index contributed by atoms with van der Waals surface area (Å²) < 4.78 is 11.5. The van der Waals surface area contributed by atoms with E-state index in [0.717, 1.165) is 31.7 Å². The van der Waals surface area contributed by atoms with E-state index in [4.69, 9.17) is 9.47 Å². The molecule has 1 saturated carbocycles. The summed E-state index contributed by atoms with van der Waals surface area (Å²) in [6.07, 6.45) is 2.89. The third-order valence-corrected chi connectivity index (χ3v) is 5.65. The van der Waals surface area contributed by atoms with Gasteiger partial charge in [0, 0.05) is 19.3 Å². The van der Waals surface area contributed by atoms with Crippen LogP contribution >= 0.6 is 0 Å². The lowest BCUT2D eigenvalue weighted by Gasteiger charge is -2.35. The second-order valence-corrected chi connectivity index (χ2v) is 7.46. The molecule has 5 nitrogen and oxygen atoms in total. The van der Waals surface area contributed by atoms with Gasteiger partial charge in [-0.05, 0) is 55.4 Å². The molecule has 0 bridgehead atoms. The standard InChI is InChI=1S/C21H26N2O3/c1-14-7-8-21(22-11-14)23-12-15-9-17(24)20(10-16(15)13-23)26-19-6-4-3-5-18(19)25-2/h3-8,11,15-17,20,24H,9-10,12-13H2,1-2H3/t15-,16+,17+,20+/m0/s1. The highest BCUT2D eigenvalue weighted by Crippen LogP contribution is 2.40. The number of benzene rings is 1. The van der Waals surface area contributed by atoms with Crippen molar-refractivity contribution in [2.75, 3.05) is 25.1 Å². The molecule has 1 N–H and O–H groups in total. The van der Waals surface area contributed by atoms with Crippen LogP contribution in [0.25, 0.3) is 0 Å². The molecule has 2 aliphatic rings. The second kappa shape index (κ2) is 7.16. The molecule has 0 radical (unpaired) electrons. The number of aryl methyl sites for hydroxylation is 1. The van der Waals surface area contributed by atoms with Gasteiger partial charge in [-0.2, -0.15) is 0 Å². The van der Waals surface area contributed by atoms with Crippen LogP contribution < -0.4 is 14.4 Å². The zero-order valence-electron chi connectivity index (χ0n) is 15.3. The number of aromatic nitrogens is 1. The van der Waals surface area contributed by atoms with Gasteiger partial charge in [0.25, 0.3) is 0 Å². The van der Waals surface area contributed by atoms with Crippen molar-refractivity contribution in [3.63, 3.8) is 0 Å². The van der Waals surface area contributed by atoms with Gasteiger partial charge >= 0.3 is 0 Å². The summed E-state index contributed by atoms with van der Waals surface area (Å²) in [5, 5.41) is 10.6. The van der Waals surface area contributed by atoms with E-state index in [1.165, 1.54) is 5.56 Å². The molecule has 4 atom stereocenters. The Morgan fingerprint density at radius 1 is 1.04 bits per heavy atom. The molecule has 1 aromatic heterocycles. The van der Waals surface area contributed by atoms with Crippen molar-refractivity contribution in [2.24, 2.45) is 11.8 Å². The largest absolute Gasteiger partial charge is 0.493 e. The minimum absolute atomic E-state index is 0.196. The maximum atomic E-state index is 10.6. The molecule has 2 aromatic rings. The number of hydrogen-bond donors (Lipinski definition) is 1. The lowest BCUT2D eigenvalue weighted by atomic mass is 9.78. The van der Waals surface area contributed by atoms with Gasteiger partial charge in [0.1, 0.15) is 11.9 Å². The predicted octanol–water partition coefficient (Wildman–Crippen LogP) is 3.05. The number of fused-ring (bicyclic) bond motifs is 1. The number of aliphatic hydroxyl groups is 1. The van der Waals surface area contributed by atoms with Crippen LogP contribution in [-0.2, 0) is 0 Å². The predicted molar refractivity (Wildman–Crippen MR) is 101 cm³/mol. The Balaban J connectivity index is 1.45. The van der Waals surface area contributed by atoms with E-state index in [1.54, 1.807) is 7.11 Å². The van der Waals surface area contributed by atoms with Crippen LogP contribution in [0.5, 0.6) is 11.5 Å². The van der Waals surface area contributed by atoms with Gasteiger partial charge in [-0.25, -0.2) is 4.98 Å². The molecule has 2 fully saturated rings. The molecule has 0 unspecified atom stereocenters. The molecule has 1 aromatic carbocycles. The van der Waals surface area contributed by atoms with Crippen molar-refractivity contribution >= 4 is 5.82 Å². The number of methoxy groups -OCH3 is 1. The van der Waals surface area contributed by atoms with E-state index in [0.29, 0.717) is 23.3 Å². The second-order valence-electron chi connectivity index (χ2n) is 7.46. The maximum Gasteiger partial charge on any atom is 0.161 e. The lowest BCUT2D eigenvalue weighted by Crippen LogP contribution is -2.42. The number of pyridine rings is 1. The zero-order valence-corrected chi connectivity index (χ0v) is 15.3. The van der Waals surface area contributed by atoms with Gasteiger partial charge < -0.3 is 19.5 Å². The summed E-state index contributed by atoms with van der Waals surface area (Å²) in [5.41, 5.74) is 1.17. The SMILES string of the molecule is COc1ccccc1O[C@@H]1C[C@@H]2CN(c3ccc(C)cn3)C[C@@H]2C[C@H]1O. The molecule has 4 rings (SSSR count). The quantitative estimate of drug-likeness (QED) is 0.915. The van der Waals surface area contributed by atoms with Crippen LogP contribution in [0.15, 0.2) is 42.6 Å². The van der Waals surface area contributed by atoms with E-state index in [1.807, 2.05) is 30.5 Å². The first-order chi connectivity index (χ1) is 12.6. The smallest absolute Gasteiger partial charge is 0.161 e. The molecule has 138 valence electrons. The third-order valence-electron chi connectivity index (χ3n) is 5.65. The highest BCUT2D eigenvalue weighted by atomic mass is 16.5. The molecule has 1 aliphatic heterocycles. The van der Waals surface area contributed by atoms with E-state index in [-0.39, 0.29) is 6.10 Å². The average molecular weight is 354 g/mol. The first-order valence-electron chi connectivity index (χ1n) is 9.29. The fourth-order valence-electron chi connectivity index (χ4n) is 4.23. The van der Waals surface area contributed by atoms with Crippen LogP contribution in [0.3, 0.4) is 0 Å². The Bertz CT molecular complexity index is 749.